The molecule has 26 heavy (non-hydrogen) atoms. The van der Waals surface area contributed by atoms with Crippen molar-refractivity contribution in [3.8, 4) is 0 Å². The molecule has 0 spiro atoms. The summed E-state index contributed by atoms with van der Waals surface area (Å²) in [6, 6.07) is 8.74. The highest BCUT2D eigenvalue weighted by atomic mass is 16.6. The Bertz CT molecular complexity index is 677. The van der Waals surface area contributed by atoms with Crippen molar-refractivity contribution in [2.75, 3.05) is 6.54 Å². The quantitative estimate of drug-likeness (QED) is 0.658. The Morgan fingerprint density at radius 2 is 1.81 bits per heavy atom. The van der Waals surface area contributed by atoms with Crippen LogP contribution in [0.15, 0.2) is 42.5 Å². The number of hydrogen-bond acceptors (Lipinski definition) is 5. The number of rotatable bonds is 4. The summed E-state index contributed by atoms with van der Waals surface area (Å²) in [5.41, 5.74) is -1.90. The van der Waals surface area contributed by atoms with Crippen LogP contribution in [0.4, 0.5) is 4.79 Å². The molecule has 6 nitrogen and oxygen atoms in total. The molecule has 0 saturated heterocycles. The number of esters is 1. The van der Waals surface area contributed by atoms with Gasteiger partial charge >= 0.3 is 12.1 Å². The Hall–Kier alpha value is -2.34. The van der Waals surface area contributed by atoms with E-state index in [0.29, 0.717) is 5.56 Å². The van der Waals surface area contributed by atoms with Crippen molar-refractivity contribution in [1.29, 1.82) is 0 Å². The highest BCUT2D eigenvalue weighted by Gasteiger charge is 2.55. The van der Waals surface area contributed by atoms with Crippen molar-refractivity contribution < 1.29 is 24.2 Å². The van der Waals surface area contributed by atoms with Crippen LogP contribution < -0.4 is 0 Å². The summed E-state index contributed by atoms with van der Waals surface area (Å²) in [6.07, 6.45) is 0.827. The molecule has 0 fully saturated rings. The molecule has 0 saturated carbocycles. The summed E-state index contributed by atoms with van der Waals surface area (Å²) in [6.45, 7) is 8.82. The van der Waals surface area contributed by atoms with Crippen molar-refractivity contribution in [3.63, 3.8) is 0 Å². The number of hydrogen-bond donors (Lipinski definition) is 1. The number of aliphatic hydroxyl groups excluding tert-OH is 1. The van der Waals surface area contributed by atoms with Gasteiger partial charge in [-0.25, -0.2) is 9.59 Å². The molecule has 0 aliphatic carbocycles. The molecule has 1 aliphatic rings. The SMILES string of the molecule is CC(C)OC(=O)C1(C(O)c2ccccc2)C=CCN1C(=O)OC(C)(C)C. The molecular formula is C20H27NO5. The van der Waals surface area contributed by atoms with Gasteiger partial charge in [0.15, 0.2) is 5.54 Å². The molecular weight excluding hydrogens is 334 g/mol. The fraction of sp³-hybridized carbons (Fsp3) is 0.500. The van der Waals surface area contributed by atoms with Crippen molar-refractivity contribution in [2.45, 2.75) is 58.0 Å². The Morgan fingerprint density at radius 1 is 1.19 bits per heavy atom. The summed E-state index contributed by atoms with van der Waals surface area (Å²) in [4.78, 5) is 27.0. The van der Waals surface area contributed by atoms with Gasteiger partial charge < -0.3 is 14.6 Å². The lowest BCUT2D eigenvalue weighted by atomic mass is 9.87. The molecule has 142 valence electrons. The van der Waals surface area contributed by atoms with Crippen molar-refractivity contribution in [2.24, 2.45) is 0 Å². The van der Waals surface area contributed by atoms with Crippen LogP contribution in [0.3, 0.4) is 0 Å². The molecule has 6 heteroatoms. The van der Waals surface area contributed by atoms with Crippen molar-refractivity contribution in [3.05, 3.63) is 48.0 Å². The van der Waals surface area contributed by atoms with Gasteiger partial charge in [0.25, 0.3) is 0 Å². The molecule has 1 aromatic carbocycles. The van der Waals surface area contributed by atoms with E-state index in [2.05, 4.69) is 0 Å². The third-order valence-corrected chi connectivity index (χ3v) is 3.92. The number of ether oxygens (including phenoxy) is 2. The highest BCUT2D eigenvalue weighted by molar-refractivity contribution is 5.90. The molecule has 2 atom stereocenters. The number of amides is 1. The van der Waals surface area contributed by atoms with Crippen LogP contribution in [0.1, 0.15) is 46.3 Å². The van der Waals surface area contributed by atoms with Crippen LogP contribution in [0.25, 0.3) is 0 Å². The van der Waals surface area contributed by atoms with Crippen molar-refractivity contribution >= 4 is 12.1 Å². The first-order chi connectivity index (χ1) is 12.1. The number of aliphatic hydroxyl groups is 1. The zero-order chi connectivity index (χ0) is 19.5. The smallest absolute Gasteiger partial charge is 0.411 e. The minimum atomic E-state index is -1.67. The van der Waals surface area contributed by atoms with E-state index in [0.717, 1.165) is 0 Å². The first-order valence-electron chi connectivity index (χ1n) is 8.70. The second kappa shape index (κ2) is 7.50. The second-order valence-electron chi connectivity index (χ2n) is 7.59. The van der Waals surface area contributed by atoms with Crippen LogP contribution in [0, 0.1) is 0 Å². The maximum Gasteiger partial charge on any atom is 0.411 e. The van der Waals surface area contributed by atoms with Gasteiger partial charge in [0.05, 0.1) is 6.10 Å². The molecule has 0 radical (unpaired) electrons. The van der Waals surface area contributed by atoms with E-state index in [1.54, 1.807) is 65.0 Å². The van der Waals surface area contributed by atoms with Crippen LogP contribution in [0.2, 0.25) is 0 Å². The summed E-state index contributed by atoms with van der Waals surface area (Å²) >= 11 is 0. The zero-order valence-corrected chi connectivity index (χ0v) is 15.9. The van der Waals surface area contributed by atoms with Crippen LogP contribution in [-0.4, -0.2) is 45.9 Å². The van der Waals surface area contributed by atoms with Gasteiger partial charge in [0.2, 0.25) is 0 Å². The van der Waals surface area contributed by atoms with E-state index in [-0.39, 0.29) is 6.54 Å². The summed E-state index contributed by atoms with van der Waals surface area (Å²) < 4.78 is 10.8. The van der Waals surface area contributed by atoms with E-state index in [9.17, 15) is 14.7 Å². The maximum atomic E-state index is 13.0. The lowest BCUT2D eigenvalue weighted by Crippen LogP contribution is -2.58. The summed E-state index contributed by atoms with van der Waals surface area (Å²) in [5.74, 6) is -0.691. The normalized spacial score (nSPS) is 21.0. The highest BCUT2D eigenvalue weighted by Crippen LogP contribution is 2.38. The fourth-order valence-corrected chi connectivity index (χ4v) is 2.85. The Balaban J connectivity index is 2.47. The second-order valence-corrected chi connectivity index (χ2v) is 7.59. The third kappa shape index (κ3) is 4.07. The molecule has 0 bridgehead atoms. The maximum absolute atomic E-state index is 13.0. The minimum absolute atomic E-state index is 0.145. The number of benzene rings is 1. The molecule has 1 N–H and O–H groups in total. The predicted molar refractivity (Wildman–Crippen MR) is 97.4 cm³/mol. The Kier molecular flexibility index (Phi) is 5.76. The fourth-order valence-electron chi connectivity index (χ4n) is 2.85. The molecule has 2 rings (SSSR count). The molecule has 2 unspecified atom stereocenters. The van der Waals surface area contributed by atoms with Gasteiger partial charge in [0, 0.05) is 6.54 Å². The topological polar surface area (TPSA) is 76.1 Å². The van der Waals surface area contributed by atoms with Crippen molar-refractivity contribution in [1.82, 2.24) is 4.90 Å². The zero-order valence-electron chi connectivity index (χ0n) is 15.9. The van der Waals surface area contributed by atoms with Crippen LogP contribution in [0.5, 0.6) is 0 Å². The molecule has 0 aromatic heterocycles. The largest absolute Gasteiger partial charge is 0.461 e. The van der Waals surface area contributed by atoms with Crippen LogP contribution in [-0.2, 0) is 14.3 Å². The third-order valence-electron chi connectivity index (χ3n) is 3.92. The standard InChI is InChI=1S/C20H27NO5/c1-14(2)25-17(23)20(16(22)15-10-7-6-8-11-15)12-9-13-21(20)18(24)26-19(3,4)5/h6-12,14,16,22H,13H2,1-5H3. The average Bonchev–Trinajstić information content (AvgIpc) is 2.99. The lowest BCUT2D eigenvalue weighted by Gasteiger charge is -2.40. The Morgan fingerprint density at radius 3 is 2.35 bits per heavy atom. The van der Waals surface area contributed by atoms with Gasteiger partial charge in [-0.15, -0.1) is 0 Å². The van der Waals surface area contributed by atoms with Gasteiger partial charge in [-0.2, -0.15) is 0 Å². The van der Waals surface area contributed by atoms with Gasteiger partial charge in [-0.3, -0.25) is 4.90 Å². The number of carbonyl (C=O) groups is 2. The monoisotopic (exact) mass is 361 g/mol. The predicted octanol–water partition coefficient (Wildman–Crippen LogP) is 3.22. The lowest BCUT2D eigenvalue weighted by molar-refractivity contribution is -0.164. The number of nitrogens with zero attached hydrogens (tertiary/aromatic N) is 1. The molecule has 1 amide bonds. The van der Waals surface area contributed by atoms with Gasteiger partial charge in [-0.1, -0.05) is 36.4 Å². The van der Waals surface area contributed by atoms with E-state index in [1.165, 1.54) is 11.0 Å². The van der Waals surface area contributed by atoms with E-state index in [1.807, 2.05) is 6.07 Å². The number of carbonyl (C=O) groups excluding carboxylic acids is 2. The Labute approximate surface area is 154 Å². The van der Waals surface area contributed by atoms with E-state index in [4.69, 9.17) is 9.47 Å². The molecule has 1 aromatic rings. The first-order valence-corrected chi connectivity index (χ1v) is 8.70. The van der Waals surface area contributed by atoms with Crippen LogP contribution >= 0.6 is 0 Å². The minimum Gasteiger partial charge on any atom is -0.461 e. The first kappa shape index (κ1) is 20.0. The van der Waals surface area contributed by atoms with E-state index >= 15 is 0 Å². The van der Waals surface area contributed by atoms with E-state index < -0.39 is 35.4 Å². The average molecular weight is 361 g/mol. The van der Waals surface area contributed by atoms with Gasteiger partial charge in [-0.05, 0) is 46.3 Å². The van der Waals surface area contributed by atoms with Gasteiger partial charge in [0.1, 0.15) is 11.7 Å². The molecule has 1 aliphatic heterocycles. The summed E-state index contributed by atoms with van der Waals surface area (Å²) in [7, 11) is 0. The summed E-state index contributed by atoms with van der Waals surface area (Å²) in [5, 5.41) is 11.1. The molecule has 1 heterocycles.